The maximum Gasteiger partial charge on any atom is 0.185 e. The van der Waals surface area contributed by atoms with Crippen LogP contribution in [-0.4, -0.2) is 24.0 Å². The fourth-order valence-electron chi connectivity index (χ4n) is 3.28. The number of carbonyl (C=O) groups is 1. The molecule has 0 heterocycles. The van der Waals surface area contributed by atoms with Gasteiger partial charge in [-0.15, -0.1) is 0 Å². The number of benzene rings is 1. The molecule has 21 heavy (non-hydrogen) atoms. The summed E-state index contributed by atoms with van der Waals surface area (Å²) in [6.45, 7) is 6.44. The van der Waals surface area contributed by atoms with E-state index >= 15 is 0 Å². The topological polar surface area (TPSA) is 49.3 Å². The van der Waals surface area contributed by atoms with Gasteiger partial charge in [0.15, 0.2) is 5.78 Å². The third-order valence-corrected chi connectivity index (χ3v) is 5.10. The van der Waals surface area contributed by atoms with Crippen molar-refractivity contribution in [2.75, 3.05) is 7.05 Å². The second kappa shape index (κ2) is 5.71. The van der Waals surface area contributed by atoms with E-state index in [1.165, 1.54) is 0 Å². The number of halogens is 1. The lowest BCUT2D eigenvalue weighted by molar-refractivity contribution is -0.141. The Morgan fingerprint density at radius 3 is 2.48 bits per heavy atom. The summed E-state index contributed by atoms with van der Waals surface area (Å²) in [6, 6.07) is 7.38. The van der Waals surface area contributed by atoms with E-state index in [1.807, 2.05) is 18.2 Å². The Balaban J connectivity index is 2.54. The number of nitrogens with one attached hydrogen (secondary N) is 1. The molecule has 0 aliphatic heterocycles. The van der Waals surface area contributed by atoms with Crippen LogP contribution in [0, 0.1) is 11.3 Å². The molecule has 0 saturated heterocycles. The Kier molecular flexibility index (Phi) is 4.48. The lowest BCUT2D eigenvalue weighted by Crippen LogP contribution is -2.58. The molecule has 0 radical (unpaired) electrons. The first-order valence-electron chi connectivity index (χ1n) is 7.38. The number of hydrogen-bond acceptors (Lipinski definition) is 3. The van der Waals surface area contributed by atoms with Gasteiger partial charge in [0.25, 0.3) is 0 Å². The van der Waals surface area contributed by atoms with Crippen molar-refractivity contribution in [1.82, 2.24) is 5.32 Å². The van der Waals surface area contributed by atoms with Crippen LogP contribution in [-0.2, 0) is 10.3 Å². The Morgan fingerprint density at radius 1 is 1.33 bits per heavy atom. The number of ketones is 1. The summed E-state index contributed by atoms with van der Waals surface area (Å²) in [4.78, 5) is 12.7. The number of aliphatic hydroxyl groups excluding tert-OH is 1. The minimum atomic E-state index is -0.952. The summed E-state index contributed by atoms with van der Waals surface area (Å²) >= 11 is 6.33. The van der Waals surface area contributed by atoms with Gasteiger partial charge < -0.3 is 10.4 Å². The van der Waals surface area contributed by atoms with Crippen molar-refractivity contribution in [3.63, 3.8) is 0 Å². The molecule has 1 fully saturated rings. The normalized spacial score (nSPS) is 30.5. The standard InChI is InChI=1S/C17H24ClNO2/c1-16(2,3)11-9-14(20)15(21)17(10-11,19-4)12-7-5-6-8-13(12)18/h5-8,11,14,19-20H,9-10H2,1-4H3/t11-,14-,17-/m1/s1. The molecule has 0 amide bonds. The molecule has 1 aliphatic rings. The zero-order chi connectivity index (χ0) is 15.8. The summed E-state index contributed by atoms with van der Waals surface area (Å²) in [5.41, 5.74) is -0.133. The van der Waals surface area contributed by atoms with E-state index in [2.05, 4.69) is 26.1 Å². The van der Waals surface area contributed by atoms with Gasteiger partial charge in [0.1, 0.15) is 11.6 Å². The van der Waals surface area contributed by atoms with Crippen molar-refractivity contribution in [2.45, 2.75) is 45.3 Å². The van der Waals surface area contributed by atoms with E-state index in [0.29, 0.717) is 17.9 Å². The van der Waals surface area contributed by atoms with Crippen molar-refractivity contribution in [1.29, 1.82) is 0 Å². The Morgan fingerprint density at radius 2 is 1.95 bits per heavy atom. The molecule has 1 aromatic carbocycles. The predicted octanol–water partition coefficient (Wildman–Crippen LogP) is 3.14. The van der Waals surface area contributed by atoms with Crippen LogP contribution >= 0.6 is 11.6 Å². The summed E-state index contributed by atoms with van der Waals surface area (Å²) in [5.74, 6) is 0.0486. The van der Waals surface area contributed by atoms with Crippen LogP contribution in [0.5, 0.6) is 0 Å². The molecule has 0 spiro atoms. The van der Waals surface area contributed by atoms with Gasteiger partial charge in [-0.25, -0.2) is 0 Å². The highest BCUT2D eigenvalue weighted by Gasteiger charge is 2.51. The van der Waals surface area contributed by atoms with Gasteiger partial charge in [-0.05, 0) is 42.9 Å². The Bertz CT molecular complexity index is 538. The highest BCUT2D eigenvalue weighted by molar-refractivity contribution is 6.31. The van der Waals surface area contributed by atoms with E-state index in [9.17, 15) is 9.90 Å². The van der Waals surface area contributed by atoms with Crippen LogP contribution in [0.1, 0.15) is 39.2 Å². The first kappa shape index (κ1) is 16.5. The maximum absolute atomic E-state index is 12.7. The van der Waals surface area contributed by atoms with Crippen molar-refractivity contribution in [3.05, 3.63) is 34.9 Å². The molecule has 0 bridgehead atoms. The van der Waals surface area contributed by atoms with E-state index in [-0.39, 0.29) is 17.1 Å². The third kappa shape index (κ3) is 2.87. The van der Waals surface area contributed by atoms with E-state index in [1.54, 1.807) is 13.1 Å². The largest absolute Gasteiger partial charge is 0.385 e. The average molecular weight is 310 g/mol. The molecular formula is C17H24ClNO2. The van der Waals surface area contributed by atoms with E-state index in [4.69, 9.17) is 11.6 Å². The van der Waals surface area contributed by atoms with Crippen LogP contribution in [0.2, 0.25) is 5.02 Å². The highest BCUT2D eigenvalue weighted by atomic mass is 35.5. The van der Waals surface area contributed by atoms with Crippen molar-refractivity contribution >= 4 is 17.4 Å². The molecule has 2 N–H and O–H groups in total. The minimum absolute atomic E-state index is 0.0189. The summed E-state index contributed by atoms with van der Waals surface area (Å²) in [7, 11) is 1.76. The molecule has 1 aromatic rings. The molecular weight excluding hydrogens is 286 g/mol. The molecule has 3 nitrogen and oxygen atoms in total. The van der Waals surface area contributed by atoms with Crippen LogP contribution in [0.25, 0.3) is 0 Å². The predicted molar refractivity (Wildman–Crippen MR) is 85.4 cm³/mol. The number of carbonyl (C=O) groups excluding carboxylic acids is 1. The van der Waals surface area contributed by atoms with Crippen LogP contribution in [0.4, 0.5) is 0 Å². The quantitative estimate of drug-likeness (QED) is 0.882. The van der Waals surface area contributed by atoms with Crippen LogP contribution < -0.4 is 5.32 Å². The van der Waals surface area contributed by atoms with Crippen LogP contribution in [0.15, 0.2) is 24.3 Å². The summed E-state index contributed by atoms with van der Waals surface area (Å²) < 4.78 is 0. The Labute approximate surface area is 131 Å². The molecule has 3 atom stereocenters. The molecule has 1 saturated carbocycles. The van der Waals surface area contributed by atoms with Crippen molar-refractivity contribution in [3.8, 4) is 0 Å². The molecule has 116 valence electrons. The van der Waals surface area contributed by atoms with Crippen molar-refractivity contribution in [2.24, 2.45) is 11.3 Å². The zero-order valence-corrected chi connectivity index (χ0v) is 13.9. The number of Topliss-reactive ketones (excluding diaryl/α,β-unsaturated/α-hetero) is 1. The SMILES string of the molecule is CN[C@@]1(c2ccccc2Cl)C[C@H](C(C)(C)C)C[C@@H](O)C1=O. The Hall–Kier alpha value is -0.900. The first-order valence-corrected chi connectivity index (χ1v) is 7.76. The van der Waals surface area contributed by atoms with Gasteiger partial charge in [-0.1, -0.05) is 50.6 Å². The lowest BCUT2D eigenvalue weighted by atomic mass is 9.63. The van der Waals surface area contributed by atoms with Gasteiger partial charge in [0, 0.05) is 5.02 Å². The van der Waals surface area contributed by atoms with Crippen LogP contribution in [0.3, 0.4) is 0 Å². The summed E-state index contributed by atoms with van der Waals surface area (Å²) in [6.07, 6.45) is 0.203. The zero-order valence-electron chi connectivity index (χ0n) is 13.1. The van der Waals surface area contributed by atoms with Crippen molar-refractivity contribution < 1.29 is 9.90 Å². The van der Waals surface area contributed by atoms with Gasteiger partial charge in [-0.3, -0.25) is 4.79 Å². The molecule has 1 aliphatic carbocycles. The fourth-order valence-corrected chi connectivity index (χ4v) is 3.58. The molecule has 2 rings (SSSR count). The number of rotatable bonds is 2. The maximum atomic E-state index is 12.7. The number of likely N-dealkylation sites (N-methyl/N-ethyl adjacent to an activating group) is 1. The number of hydrogen-bond donors (Lipinski definition) is 2. The fraction of sp³-hybridized carbons (Fsp3) is 0.588. The van der Waals surface area contributed by atoms with E-state index in [0.717, 1.165) is 5.56 Å². The molecule has 0 unspecified atom stereocenters. The third-order valence-electron chi connectivity index (χ3n) is 4.77. The summed E-state index contributed by atoms with van der Waals surface area (Å²) in [5, 5.41) is 14.0. The second-order valence-corrected chi connectivity index (χ2v) is 7.43. The number of aliphatic hydroxyl groups is 1. The van der Waals surface area contributed by atoms with E-state index < -0.39 is 11.6 Å². The van der Waals surface area contributed by atoms with Gasteiger partial charge in [0.2, 0.25) is 0 Å². The van der Waals surface area contributed by atoms with Gasteiger partial charge >= 0.3 is 0 Å². The smallest absolute Gasteiger partial charge is 0.185 e. The first-order chi connectivity index (χ1) is 9.72. The lowest BCUT2D eigenvalue weighted by Gasteiger charge is -2.46. The minimum Gasteiger partial charge on any atom is -0.385 e. The monoisotopic (exact) mass is 309 g/mol. The van der Waals surface area contributed by atoms with Gasteiger partial charge in [-0.2, -0.15) is 0 Å². The highest BCUT2D eigenvalue weighted by Crippen LogP contribution is 2.46. The van der Waals surface area contributed by atoms with Gasteiger partial charge in [0.05, 0.1) is 0 Å². The average Bonchev–Trinajstić information content (AvgIpc) is 2.41. The molecule has 0 aromatic heterocycles. The second-order valence-electron chi connectivity index (χ2n) is 7.02. The molecule has 4 heteroatoms.